The van der Waals surface area contributed by atoms with Crippen molar-refractivity contribution >= 4 is 22.9 Å². The number of fused-ring (bicyclic) bond motifs is 4. The first-order chi connectivity index (χ1) is 7.42. The number of benzene rings is 1. The molecule has 0 N–H and O–H groups in total. The van der Waals surface area contributed by atoms with Crippen LogP contribution in [-0.2, 0) is 0 Å². The summed E-state index contributed by atoms with van der Waals surface area (Å²) in [7, 11) is 0. The van der Waals surface area contributed by atoms with Gasteiger partial charge in [-0.05, 0) is 24.3 Å². The van der Waals surface area contributed by atoms with E-state index in [4.69, 9.17) is 0 Å². The topological polar surface area (TPSA) is 42.0 Å². The Bertz CT molecular complexity index is 767. The zero-order valence-corrected chi connectivity index (χ0v) is 7.75. The summed E-state index contributed by atoms with van der Waals surface area (Å²) in [6, 6.07) is 8.04. The maximum absolute atomic E-state index is 4.51. The van der Waals surface area contributed by atoms with Crippen molar-refractivity contribution < 1.29 is 0 Å². The lowest BCUT2D eigenvalue weighted by atomic mass is 10.2. The largest absolute Gasteiger partial charge is 0.300 e. The Balaban J connectivity index is 2.31. The maximum Gasteiger partial charge on any atom is 0.137 e. The molecule has 1 aliphatic heterocycles. The van der Waals surface area contributed by atoms with Crippen LogP contribution in [0.5, 0.6) is 0 Å². The molecular formula is C11H6N4. The fraction of sp³-hybridized carbons (Fsp3) is 0. The summed E-state index contributed by atoms with van der Waals surface area (Å²) < 4.78 is 2.06. The quantitative estimate of drug-likeness (QED) is 0.529. The minimum atomic E-state index is 0.922. The van der Waals surface area contributed by atoms with Crippen LogP contribution >= 0.6 is 0 Å². The van der Waals surface area contributed by atoms with Gasteiger partial charge in [0.2, 0.25) is 0 Å². The zero-order chi connectivity index (χ0) is 9.83. The van der Waals surface area contributed by atoms with Gasteiger partial charge < -0.3 is 0 Å². The normalized spacial score (nSPS) is 13.6. The Morgan fingerprint density at radius 3 is 3.20 bits per heavy atom. The average molecular weight is 194 g/mol. The van der Waals surface area contributed by atoms with Gasteiger partial charge in [-0.2, -0.15) is 10.2 Å². The molecule has 0 bridgehead atoms. The third kappa shape index (κ3) is 0.788. The van der Waals surface area contributed by atoms with E-state index in [1.165, 1.54) is 0 Å². The third-order valence-electron chi connectivity index (χ3n) is 2.71. The van der Waals surface area contributed by atoms with Crippen molar-refractivity contribution in [1.29, 1.82) is 0 Å². The summed E-state index contributed by atoms with van der Waals surface area (Å²) in [4.78, 5) is 4.51. The molecule has 1 aromatic carbocycles. The van der Waals surface area contributed by atoms with E-state index >= 15 is 0 Å². The molecule has 3 aromatic rings. The second-order valence-electron chi connectivity index (χ2n) is 3.59. The summed E-state index contributed by atoms with van der Waals surface area (Å²) in [6.45, 7) is 0. The van der Waals surface area contributed by atoms with Crippen LogP contribution in [-0.4, -0.2) is 15.6 Å². The number of hydrogen-bond donors (Lipinski definition) is 0. The Kier molecular flexibility index (Phi) is 1.06. The van der Waals surface area contributed by atoms with Crippen LogP contribution in [0.2, 0.25) is 0 Å². The molecule has 0 amide bonds. The van der Waals surface area contributed by atoms with Crippen molar-refractivity contribution in [1.82, 2.24) is 9.38 Å². The predicted molar refractivity (Wildman–Crippen MR) is 57.0 cm³/mol. The molecular weight excluding hydrogens is 188 g/mol. The monoisotopic (exact) mass is 194 g/mol. The highest BCUT2D eigenvalue weighted by Crippen LogP contribution is 2.16. The van der Waals surface area contributed by atoms with Gasteiger partial charge in [0.1, 0.15) is 5.65 Å². The van der Waals surface area contributed by atoms with Crippen LogP contribution in [0.3, 0.4) is 0 Å². The van der Waals surface area contributed by atoms with E-state index in [0.29, 0.717) is 0 Å². The van der Waals surface area contributed by atoms with E-state index in [1.54, 1.807) is 6.21 Å². The second kappa shape index (κ2) is 2.23. The first-order valence-electron chi connectivity index (χ1n) is 4.73. The Hall–Kier alpha value is -2.23. The van der Waals surface area contributed by atoms with Gasteiger partial charge in [0, 0.05) is 11.8 Å². The minimum Gasteiger partial charge on any atom is -0.300 e. The fourth-order valence-corrected chi connectivity index (χ4v) is 2.00. The van der Waals surface area contributed by atoms with Crippen molar-refractivity contribution in [2.75, 3.05) is 0 Å². The lowest BCUT2D eigenvalue weighted by molar-refractivity contribution is 1.18. The van der Waals surface area contributed by atoms with Crippen molar-refractivity contribution in [3.8, 4) is 0 Å². The molecule has 0 saturated heterocycles. The van der Waals surface area contributed by atoms with Crippen LogP contribution < -0.4 is 5.36 Å². The third-order valence-corrected chi connectivity index (χ3v) is 2.71. The van der Waals surface area contributed by atoms with Gasteiger partial charge in [-0.15, -0.1) is 0 Å². The van der Waals surface area contributed by atoms with Crippen LogP contribution in [0.25, 0.3) is 16.7 Å². The van der Waals surface area contributed by atoms with E-state index in [-0.39, 0.29) is 0 Å². The zero-order valence-electron chi connectivity index (χ0n) is 7.75. The molecule has 3 heterocycles. The summed E-state index contributed by atoms with van der Waals surface area (Å²) in [5.74, 6) is 0. The highest BCUT2D eigenvalue weighted by molar-refractivity contribution is 5.89. The molecule has 1 aliphatic rings. The molecule has 4 rings (SSSR count). The van der Waals surface area contributed by atoms with E-state index < -0.39 is 0 Å². The highest BCUT2D eigenvalue weighted by Gasteiger charge is 2.08. The van der Waals surface area contributed by atoms with Gasteiger partial charge in [0.25, 0.3) is 0 Å². The van der Waals surface area contributed by atoms with Crippen molar-refractivity contribution in [2.24, 2.45) is 10.2 Å². The molecule has 0 radical (unpaired) electrons. The molecule has 15 heavy (non-hydrogen) atoms. The van der Waals surface area contributed by atoms with Crippen LogP contribution in [0.1, 0.15) is 5.56 Å². The van der Waals surface area contributed by atoms with Crippen LogP contribution in [0.4, 0.5) is 0 Å². The molecule has 0 atom stereocenters. The predicted octanol–water partition coefficient (Wildman–Crippen LogP) is 1.17. The van der Waals surface area contributed by atoms with Gasteiger partial charge in [0.15, 0.2) is 0 Å². The van der Waals surface area contributed by atoms with E-state index in [2.05, 4.69) is 19.6 Å². The number of imidazole rings is 1. The molecule has 70 valence electrons. The van der Waals surface area contributed by atoms with Gasteiger partial charge in [-0.3, -0.25) is 4.40 Å². The van der Waals surface area contributed by atoms with Gasteiger partial charge >= 0.3 is 0 Å². The molecule has 4 nitrogen and oxygen atoms in total. The summed E-state index contributed by atoms with van der Waals surface area (Å²) >= 11 is 0. The van der Waals surface area contributed by atoms with Crippen molar-refractivity contribution in [3.05, 3.63) is 41.4 Å². The van der Waals surface area contributed by atoms with Crippen molar-refractivity contribution in [3.63, 3.8) is 0 Å². The molecule has 0 unspecified atom stereocenters. The molecule has 0 fully saturated rings. The maximum atomic E-state index is 4.51. The number of hydrogen-bond acceptors (Lipinski definition) is 3. The Labute approximate surface area is 84.6 Å². The smallest absolute Gasteiger partial charge is 0.137 e. The lowest BCUT2D eigenvalue weighted by Gasteiger charge is -1.91. The molecule has 4 heteroatoms. The van der Waals surface area contributed by atoms with E-state index in [1.807, 2.05) is 30.5 Å². The first kappa shape index (κ1) is 7.11. The summed E-state index contributed by atoms with van der Waals surface area (Å²) in [5, 5.41) is 8.85. The molecule has 0 saturated carbocycles. The summed E-state index contributed by atoms with van der Waals surface area (Å²) in [6.07, 6.45) is 3.77. The fourth-order valence-electron chi connectivity index (χ4n) is 2.00. The first-order valence-corrected chi connectivity index (χ1v) is 4.73. The summed E-state index contributed by atoms with van der Waals surface area (Å²) in [5.41, 5.74) is 4.10. The Morgan fingerprint density at radius 2 is 2.20 bits per heavy atom. The Morgan fingerprint density at radius 1 is 1.20 bits per heavy atom. The van der Waals surface area contributed by atoms with Crippen molar-refractivity contribution in [2.45, 2.75) is 0 Å². The molecule has 2 aromatic heterocycles. The van der Waals surface area contributed by atoms with E-state index in [0.717, 1.165) is 27.6 Å². The molecule has 0 spiro atoms. The number of rotatable bonds is 0. The number of nitrogens with zero attached hydrogens (tertiary/aromatic N) is 4. The molecule has 0 aliphatic carbocycles. The van der Waals surface area contributed by atoms with Gasteiger partial charge in [-0.25, -0.2) is 4.98 Å². The van der Waals surface area contributed by atoms with Gasteiger partial charge in [-0.1, -0.05) is 0 Å². The minimum absolute atomic E-state index is 0.922. The van der Waals surface area contributed by atoms with E-state index in [9.17, 15) is 0 Å². The standard InChI is InChI=1S/C11H6N4/c1-2-11-13-9-4-7-6-12-14-8(7)5-10(9)15(11)3-1/h1-6H. The SMILES string of the molecule is C1=NN=c2cc3c(cc21)nc1cccn13. The van der Waals surface area contributed by atoms with Gasteiger partial charge in [0.05, 0.1) is 22.6 Å². The van der Waals surface area contributed by atoms with Crippen LogP contribution in [0.15, 0.2) is 40.7 Å². The number of aromatic nitrogens is 2. The second-order valence-corrected chi connectivity index (χ2v) is 3.59. The average Bonchev–Trinajstić information content (AvgIpc) is 2.86. The lowest BCUT2D eigenvalue weighted by Crippen LogP contribution is -2.03. The highest BCUT2D eigenvalue weighted by atomic mass is 15.2. The van der Waals surface area contributed by atoms with Crippen LogP contribution in [0, 0.1) is 0 Å².